The summed E-state index contributed by atoms with van der Waals surface area (Å²) < 4.78 is 5.61. The van der Waals surface area contributed by atoms with Crippen molar-refractivity contribution in [3.8, 4) is 11.8 Å². The molecule has 4 nitrogen and oxygen atoms in total. The molecule has 1 aromatic heterocycles. The van der Waals surface area contributed by atoms with Crippen molar-refractivity contribution in [3.63, 3.8) is 0 Å². The molecule has 2 aromatic rings. The summed E-state index contributed by atoms with van der Waals surface area (Å²) in [6, 6.07) is 10.8. The second kappa shape index (κ2) is 5.48. The number of benzene rings is 1. The molecule has 0 bridgehead atoms. The molecule has 5 heteroatoms. The molecule has 0 saturated heterocycles. The number of ether oxygens (including phenoxy) is 1. The van der Waals surface area contributed by atoms with Gasteiger partial charge in [0.2, 0.25) is 0 Å². The van der Waals surface area contributed by atoms with Gasteiger partial charge in [0.1, 0.15) is 18.1 Å². The lowest BCUT2D eigenvalue weighted by Crippen LogP contribution is -2.00. The SMILES string of the molecule is Cc1ccc(C#N)cc1OCc1ccc(Cl)nn1. The van der Waals surface area contributed by atoms with Crippen LogP contribution in [0.4, 0.5) is 0 Å². The van der Waals surface area contributed by atoms with Crippen LogP contribution in [0.15, 0.2) is 30.3 Å². The van der Waals surface area contributed by atoms with Crippen LogP contribution in [0.3, 0.4) is 0 Å². The Morgan fingerprint density at radius 3 is 2.78 bits per heavy atom. The molecule has 0 atom stereocenters. The number of hydrogen-bond acceptors (Lipinski definition) is 4. The van der Waals surface area contributed by atoms with Gasteiger partial charge < -0.3 is 4.74 Å². The van der Waals surface area contributed by atoms with E-state index in [1.54, 1.807) is 24.3 Å². The Labute approximate surface area is 110 Å². The van der Waals surface area contributed by atoms with Crippen LogP contribution in [0.1, 0.15) is 16.8 Å². The lowest BCUT2D eigenvalue weighted by atomic mass is 10.1. The number of rotatable bonds is 3. The van der Waals surface area contributed by atoms with Crippen molar-refractivity contribution in [2.24, 2.45) is 0 Å². The minimum atomic E-state index is 0.292. The van der Waals surface area contributed by atoms with Crippen molar-refractivity contribution in [3.05, 3.63) is 52.3 Å². The summed E-state index contributed by atoms with van der Waals surface area (Å²) in [5.41, 5.74) is 2.22. The molecule has 1 heterocycles. The van der Waals surface area contributed by atoms with E-state index in [-0.39, 0.29) is 0 Å². The van der Waals surface area contributed by atoms with Crippen molar-refractivity contribution < 1.29 is 4.74 Å². The predicted octanol–water partition coefficient (Wildman–Crippen LogP) is 2.89. The fourth-order valence-electron chi connectivity index (χ4n) is 1.40. The summed E-state index contributed by atoms with van der Waals surface area (Å²) in [4.78, 5) is 0. The normalized spacial score (nSPS) is 9.83. The second-order valence-corrected chi connectivity index (χ2v) is 4.12. The Balaban J connectivity index is 2.10. The number of nitriles is 1. The van der Waals surface area contributed by atoms with Crippen LogP contribution >= 0.6 is 11.6 Å². The maximum atomic E-state index is 8.83. The Kier molecular flexibility index (Phi) is 3.75. The van der Waals surface area contributed by atoms with Crippen molar-refractivity contribution in [1.29, 1.82) is 5.26 Å². The lowest BCUT2D eigenvalue weighted by Gasteiger charge is -2.08. The number of nitrogens with zero attached hydrogens (tertiary/aromatic N) is 3. The molecule has 0 aliphatic rings. The summed E-state index contributed by atoms with van der Waals surface area (Å²) in [5.74, 6) is 0.672. The monoisotopic (exact) mass is 259 g/mol. The van der Waals surface area contributed by atoms with Crippen LogP contribution in [-0.2, 0) is 6.61 Å². The summed E-state index contributed by atoms with van der Waals surface area (Å²) in [7, 11) is 0. The smallest absolute Gasteiger partial charge is 0.151 e. The van der Waals surface area contributed by atoms with Gasteiger partial charge in [-0.05, 0) is 36.8 Å². The first-order valence-electron chi connectivity index (χ1n) is 5.30. The predicted molar refractivity (Wildman–Crippen MR) is 67.3 cm³/mol. The van der Waals surface area contributed by atoms with E-state index in [1.807, 2.05) is 13.0 Å². The zero-order chi connectivity index (χ0) is 13.0. The molecule has 0 unspecified atom stereocenters. The van der Waals surface area contributed by atoms with Crippen LogP contribution in [0.25, 0.3) is 0 Å². The average molecular weight is 260 g/mol. The molecule has 90 valence electrons. The first kappa shape index (κ1) is 12.3. The van der Waals surface area contributed by atoms with E-state index >= 15 is 0 Å². The van der Waals surface area contributed by atoms with Crippen LogP contribution in [0.2, 0.25) is 5.15 Å². The van der Waals surface area contributed by atoms with E-state index in [1.165, 1.54) is 0 Å². The molecule has 0 fully saturated rings. The largest absolute Gasteiger partial charge is 0.487 e. The highest BCUT2D eigenvalue weighted by Gasteiger charge is 2.03. The molecule has 0 amide bonds. The molecular weight excluding hydrogens is 250 g/mol. The summed E-state index contributed by atoms with van der Waals surface area (Å²) in [5, 5.41) is 16.8. The van der Waals surface area contributed by atoms with E-state index in [0.717, 1.165) is 5.56 Å². The van der Waals surface area contributed by atoms with Gasteiger partial charge >= 0.3 is 0 Å². The second-order valence-electron chi connectivity index (χ2n) is 3.73. The highest BCUT2D eigenvalue weighted by molar-refractivity contribution is 6.29. The minimum absolute atomic E-state index is 0.292. The molecule has 18 heavy (non-hydrogen) atoms. The van der Waals surface area contributed by atoms with E-state index in [0.29, 0.717) is 28.8 Å². The first-order valence-corrected chi connectivity index (χ1v) is 5.68. The first-order chi connectivity index (χ1) is 8.69. The molecule has 0 aliphatic heterocycles. The van der Waals surface area contributed by atoms with Gasteiger partial charge in [-0.1, -0.05) is 17.7 Å². The van der Waals surface area contributed by atoms with E-state index in [9.17, 15) is 0 Å². The summed E-state index contributed by atoms with van der Waals surface area (Å²) in [6.45, 7) is 2.21. The highest BCUT2D eigenvalue weighted by atomic mass is 35.5. The van der Waals surface area contributed by atoms with Crippen molar-refractivity contribution >= 4 is 11.6 Å². The van der Waals surface area contributed by atoms with Gasteiger partial charge in [0.25, 0.3) is 0 Å². The third-order valence-corrected chi connectivity index (χ3v) is 2.58. The number of halogens is 1. The van der Waals surface area contributed by atoms with Gasteiger partial charge in [0.05, 0.1) is 11.6 Å². The fourth-order valence-corrected chi connectivity index (χ4v) is 1.50. The average Bonchev–Trinajstić information content (AvgIpc) is 2.40. The molecule has 0 saturated carbocycles. The number of aryl methyl sites for hydroxylation is 1. The van der Waals surface area contributed by atoms with Crippen LogP contribution in [0, 0.1) is 18.3 Å². The summed E-state index contributed by atoms with van der Waals surface area (Å²) >= 11 is 5.64. The summed E-state index contributed by atoms with van der Waals surface area (Å²) in [6.07, 6.45) is 0. The van der Waals surface area contributed by atoms with Crippen molar-refractivity contribution in [1.82, 2.24) is 10.2 Å². The lowest BCUT2D eigenvalue weighted by molar-refractivity contribution is 0.297. The minimum Gasteiger partial charge on any atom is -0.487 e. The van der Waals surface area contributed by atoms with Gasteiger partial charge in [0.15, 0.2) is 5.15 Å². The van der Waals surface area contributed by atoms with Gasteiger partial charge in [-0.25, -0.2) is 0 Å². The zero-order valence-corrected chi connectivity index (χ0v) is 10.5. The van der Waals surface area contributed by atoms with Gasteiger partial charge in [-0.15, -0.1) is 5.10 Å². The number of aromatic nitrogens is 2. The Morgan fingerprint density at radius 1 is 1.28 bits per heavy atom. The standard InChI is InChI=1S/C13H10ClN3O/c1-9-2-3-10(7-15)6-12(9)18-8-11-4-5-13(14)17-16-11/h2-6H,8H2,1H3. The van der Waals surface area contributed by atoms with E-state index in [4.69, 9.17) is 21.6 Å². The Hall–Kier alpha value is -2.12. The molecule has 0 spiro atoms. The third kappa shape index (κ3) is 2.96. The third-order valence-electron chi connectivity index (χ3n) is 2.38. The Morgan fingerprint density at radius 2 is 2.11 bits per heavy atom. The molecule has 0 aliphatic carbocycles. The molecule has 1 aromatic carbocycles. The van der Waals surface area contributed by atoms with E-state index < -0.39 is 0 Å². The Bertz CT molecular complexity index is 590. The van der Waals surface area contributed by atoms with Gasteiger partial charge in [0, 0.05) is 0 Å². The van der Waals surface area contributed by atoms with Crippen LogP contribution in [0.5, 0.6) is 5.75 Å². The van der Waals surface area contributed by atoms with Crippen molar-refractivity contribution in [2.45, 2.75) is 13.5 Å². The molecular formula is C13H10ClN3O. The molecule has 2 rings (SSSR count). The molecule has 0 radical (unpaired) electrons. The van der Waals surface area contributed by atoms with Crippen LogP contribution < -0.4 is 4.74 Å². The number of hydrogen-bond donors (Lipinski definition) is 0. The maximum Gasteiger partial charge on any atom is 0.151 e. The topological polar surface area (TPSA) is 58.8 Å². The van der Waals surface area contributed by atoms with E-state index in [2.05, 4.69) is 16.3 Å². The highest BCUT2D eigenvalue weighted by Crippen LogP contribution is 2.20. The fraction of sp³-hybridized carbons (Fsp3) is 0.154. The maximum absolute atomic E-state index is 8.83. The van der Waals surface area contributed by atoms with Gasteiger partial charge in [-0.3, -0.25) is 0 Å². The molecule has 0 N–H and O–H groups in total. The quantitative estimate of drug-likeness (QED) is 0.850. The van der Waals surface area contributed by atoms with Gasteiger partial charge in [-0.2, -0.15) is 10.4 Å². The van der Waals surface area contributed by atoms with Crippen LogP contribution in [-0.4, -0.2) is 10.2 Å². The zero-order valence-electron chi connectivity index (χ0n) is 9.72. The van der Waals surface area contributed by atoms with Crippen molar-refractivity contribution in [2.75, 3.05) is 0 Å².